The molecule has 0 aliphatic heterocycles. The summed E-state index contributed by atoms with van der Waals surface area (Å²) in [6, 6.07) is 5.05. The van der Waals surface area contributed by atoms with E-state index in [1.807, 2.05) is 6.92 Å². The Balaban J connectivity index is 2.42. The van der Waals surface area contributed by atoms with E-state index in [2.05, 4.69) is 0 Å². The fraction of sp³-hybridized carbons (Fsp3) is 0.562. The van der Waals surface area contributed by atoms with Crippen LogP contribution in [0.4, 0.5) is 0 Å². The summed E-state index contributed by atoms with van der Waals surface area (Å²) in [5, 5.41) is 9.71. The number of ether oxygens (including phenoxy) is 2. The molecule has 0 aromatic heterocycles. The second-order valence-electron chi connectivity index (χ2n) is 6.26. The average Bonchev–Trinajstić information content (AvgIpc) is 2.51. The molecule has 0 radical (unpaired) electrons. The largest absolute Gasteiger partial charge is 0.482 e. The zero-order chi connectivity index (χ0) is 18.3. The number of benzene rings is 1. The molecule has 0 aliphatic carbocycles. The number of aryl methyl sites for hydroxylation is 1. The molecule has 136 valence electrons. The third kappa shape index (κ3) is 7.22. The van der Waals surface area contributed by atoms with Crippen LogP contribution in [-0.4, -0.2) is 36.7 Å². The van der Waals surface area contributed by atoms with Gasteiger partial charge in [0.25, 0.3) is 0 Å². The van der Waals surface area contributed by atoms with E-state index in [1.165, 1.54) is 6.92 Å². The number of esters is 1. The Hall–Kier alpha value is -1.07. The molecule has 0 aliphatic rings. The first-order valence-corrected chi connectivity index (χ1v) is 9.28. The van der Waals surface area contributed by atoms with Crippen molar-refractivity contribution in [1.29, 1.82) is 0 Å². The summed E-state index contributed by atoms with van der Waals surface area (Å²) in [4.78, 5) is 11.8. The average molecular weight is 379 g/mol. The zero-order valence-corrected chi connectivity index (χ0v) is 16.1. The van der Waals surface area contributed by atoms with E-state index in [4.69, 9.17) is 30.7 Å². The van der Waals surface area contributed by atoms with Gasteiger partial charge in [-0.1, -0.05) is 25.4 Å². The van der Waals surface area contributed by atoms with Gasteiger partial charge in [-0.3, -0.25) is 4.57 Å². The highest BCUT2D eigenvalue weighted by Crippen LogP contribution is 2.33. The summed E-state index contributed by atoms with van der Waals surface area (Å²) < 4.78 is 27.6. The van der Waals surface area contributed by atoms with Gasteiger partial charge < -0.3 is 19.1 Å². The Morgan fingerprint density at radius 3 is 2.67 bits per heavy atom. The molecule has 2 atom stereocenters. The summed E-state index contributed by atoms with van der Waals surface area (Å²) >= 11 is 5.85. The quantitative estimate of drug-likeness (QED) is 0.523. The number of hydrogen-bond donors (Lipinski definition) is 1. The van der Waals surface area contributed by atoms with Crippen LogP contribution in [0.5, 0.6) is 5.75 Å². The highest BCUT2D eigenvalue weighted by Gasteiger charge is 2.22. The van der Waals surface area contributed by atoms with Gasteiger partial charge in [0.1, 0.15) is 5.75 Å². The van der Waals surface area contributed by atoms with Crippen LogP contribution in [0.25, 0.3) is 0 Å². The van der Waals surface area contributed by atoms with E-state index in [1.54, 1.807) is 32.0 Å². The summed E-state index contributed by atoms with van der Waals surface area (Å²) in [5.41, 5.74) is 0.297. The first-order valence-electron chi connectivity index (χ1n) is 7.50. The van der Waals surface area contributed by atoms with E-state index >= 15 is 0 Å². The molecule has 8 heteroatoms. The van der Waals surface area contributed by atoms with Crippen LogP contribution in [0.2, 0.25) is 5.02 Å². The molecule has 0 fully saturated rings. The van der Waals surface area contributed by atoms with Gasteiger partial charge in [0.05, 0.1) is 13.2 Å². The van der Waals surface area contributed by atoms with Crippen molar-refractivity contribution in [2.75, 3.05) is 19.8 Å². The number of aliphatic hydroxyl groups excluding tert-OH is 1. The molecule has 6 nitrogen and oxygen atoms in total. The van der Waals surface area contributed by atoms with Gasteiger partial charge in [0.2, 0.25) is 8.03 Å². The van der Waals surface area contributed by atoms with Crippen LogP contribution < -0.4 is 4.74 Å². The van der Waals surface area contributed by atoms with Gasteiger partial charge in [-0.05, 0) is 37.6 Å². The predicted molar refractivity (Wildman–Crippen MR) is 93.1 cm³/mol. The van der Waals surface area contributed by atoms with Crippen molar-refractivity contribution in [2.24, 2.45) is 5.41 Å². The fourth-order valence-electron chi connectivity index (χ4n) is 1.62. The molecule has 0 bridgehead atoms. The molecule has 0 saturated carbocycles. The molecule has 1 N–H and O–H groups in total. The van der Waals surface area contributed by atoms with Crippen molar-refractivity contribution >= 4 is 25.6 Å². The van der Waals surface area contributed by atoms with Crippen LogP contribution >= 0.6 is 19.6 Å². The Kier molecular flexibility index (Phi) is 8.23. The lowest BCUT2D eigenvalue weighted by atomic mass is 9.97. The lowest BCUT2D eigenvalue weighted by Crippen LogP contribution is -2.24. The predicted octanol–water partition coefficient (Wildman–Crippen LogP) is 3.43. The molecule has 1 rings (SSSR count). The van der Waals surface area contributed by atoms with Gasteiger partial charge in [-0.2, -0.15) is 0 Å². The van der Waals surface area contributed by atoms with Crippen LogP contribution in [0.15, 0.2) is 18.2 Å². The maximum Gasteiger partial charge on any atom is 0.344 e. The van der Waals surface area contributed by atoms with Crippen LogP contribution in [-0.2, 0) is 18.6 Å². The first-order chi connectivity index (χ1) is 11.1. The molecule has 1 aromatic rings. The fourth-order valence-corrected chi connectivity index (χ4v) is 2.84. The molecule has 0 spiro atoms. The lowest BCUT2D eigenvalue weighted by molar-refractivity contribution is -0.147. The van der Waals surface area contributed by atoms with E-state index in [0.29, 0.717) is 10.8 Å². The smallest absolute Gasteiger partial charge is 0.344 e. The van der Waals surface area contributed by atoms with Crippen molar-refractivity contribution in [1.82, 2.24) is 0 Å². The Morgan fingerprint density at radius 1 is 1.42 bits per heavy atom. The minimum absolute atomic E-state index is 0.0927. The van der Waals surface area contributed by atoms with Gasteiger partial charge in [0, 0.05) is 10.4 Å². The van der Waals surface area contributed by atoms with Crippen molar-refractivity contribution in [3.63, 3.8) is 0 Å². The van der Waals surface area contributed by atoms with Crippen molar-refractivity contribution in [3.8, 4) is 5.75 Å². The maximum absolute atomic E-state index is 12.0. The second kappa shape index (κ2) is 9.42. The van der Waals surface area contributed by atoms with Crippen LogP contribution in [0, 0.1) is 12.3 Å². The monoisotopic (exact) mass is 378 g/mol. The van der Waals surface area contributed by atoms with Gasteiger partial charge in [-0.25, -0.2) is 4.79 Å². The summed E-state index contributed by atoms with van der Waals surface area (Å²) in [6.07, 6.45) is 0. The SMILES string of the molecule is Cc1cc(Cl)ccc1OCC(=O)OC(C)[PH](=O)OCC(C)(C)CO. The number of aliphatic hydroxyl groups is 1. The standard InChI is InChI=1S/C16H24ClO6P/c1-11-7-13(17)5-6-14(11)21-8-15(19)23-12(2)24(20)22-10-16(3,4)9-18/h5-7,12,18,24H,8-10H2,1-4H3. The Labute approximate surface area is 147 Å². The minimum atomic E-state index is -2.58. The highest BCUT2D eigenvalue weighted by molar-refractivity contribution is 7.39. The van der Waals surface area contributed by atoms with Crippen molar-refractivity contribution < 1.29 is 28.5 Å². The summed E-state index contributed by atoms with van der Waals surface area (Å²) in [5.74, 6) is -0.982. The van der Waals surface area contributed by atoms with Crippen LogP contribution in [0.3, 0.4) is 0 Å². The highest BCUT2D eigenvalue weighted by atomic mass is 35.5. The van der Waals surface area contributed by atoms with E-state index < -0.39 is 25.3 Å². The third-order valence-electron chi connectivity index (χ3n) is 3.16. The number of carbonyl (C=O) groups is 1. The molecule has 0 heterocycles. The van der Waals surface area contributed by atoms with Gasteiger partial charge in [-0.15, -0.1) is 0 Å². The Bertz CT molecular complexity index is 590. The molecule has 24 heavy (non-hydrogen) atoms. The molecule has 2 unspecified atom stereocenters. The molecule has 0 amide bonds. The molecular formula is C16H24ClO6P. The summed E-state index contributed by atoms with van der Waals surface area (Å²) in [6.45, 7) is 6.59. The lowest BCUT2D eigenvalue weighted by Gasteiger charge is -2.22. The summed E-state index contributed by atoms with van der Waals surface area (Å²) in [7, 11) is -2.58. The zero-order valence-electron chi connectivity index (χ0n) is 14.3. The second-order valence-corrected chi connectivity index (χ2v) is 8.44. The van der Waals surface area contributed by atoms with Gasteiger partial charge >= 0.3 is 5.97 Å². The minimum Gasteiger partial charge on any atom is -0.482 e. The van der Waals surface area contributed by atoms with Crippen LogP contribution in [0.1, 0.15) is 26.3 Å². The normalized spacial score (nSPS) is 14.1. The van der Waals surface area contributed by atoms with Crippen molar-refractivity contribution in [3.05, 3.63) is 28.8 Å². The van der Waals surface area contributed by atoms with E-state index in [0.717, 1.165) is 5.56 Å². The first kappa shape index (κ1) is 21.0. The van der Waals surface area contributed by atoms with Gasteiger partial charge in [0.15, 0.2) is 12.5 Å². The number of rotatable bonds is 9. The molecule has 0 saturated heterocycles. The number of halogens is 1. The van der Waals surface area contributed by atoms with E-state index in [-0.39, 0.29) is 19.8 Å². The molecular weight excluding hydrogens is 355 g/mol. The van der Waals surface area contributed by atoms with E-state index in [9.17, 15) is 9.36 Å². The third-order valence-corrected chi connectivity index (χ3v) is 4.60. The number of carbonyl (C=O) groups excluding carboxylic acids is 1. The number of hydrogen-bond acceptors (Lipinski definition) is 6. The Morgan fingerprint density at radius 2 is 2.08 bits per heavy atom. The maximum atomic E-state index is 12.0. The topological polar surface area (TPSA) is 82.1 Å². The molecule has 1 aromatic carbocycles. The van der Waals surface area contributed by atoms with Crippen molar-refractivity contribution in [2.45, 2.75) is 33.5 Å².